The molecule has 3 aromatic rings. The first-order valence-corrected chi connectivity index (χ1v) is 21.7. The van der Waals surface area contributed by atoms with E-state index in [0.29, 0.717) is 53.8 Å². The average molecular weight is 863 g/mol. The number of nitrogens with one attached hydrogen (secondary N) is 1. The molecule has 19 heteroatoms. The molecule has 2 aliphatic heterocycles. The van der Waals surface area contributed by atoms with Crippen LogP contribution in [0.5, 0.6) is 28.7 Å². The zero-order valence-corrected chi connectivity index (χ0v) is 35.2. The molecule has 0 saturated heterocycles. The van der Waals surface area contributed by atoms with Crippen molar-refractivity contribution in [3.63, 3.8) is 0 Å². The highest BCUT2D eigenvalue weighted by Crippen LogP contribution is 2.52. The highest BCUT2D eigenvalue weighted by atomic mass is 32.2. The van der Waals surface area contributed by atoms with Crippen LogP contribution in [0.1, 0.15) is 37.0 Å². The minimum atomic E-state index is -3.85. The number of thioether (sulfide) groups is 1. The molecular weight excluding hydrogens is 809 g/mol. The lowest BCUT2D eigenvalue weighted by molar-refractivity contribution is -0.133. The summed E-state index contributed by atoms with van der Waals surface area (Å²) in [6.45, 7) is 3.81. The molecule has 3 aromatic carbocycles. The Bertz CT molecular complexity index is 1840. The van der Waals surface area contributed by atoms with Crippen molar-refractivity contribution >= 4 is 43.3 Å². The van der Waals surface area contributed by atoms with Crippen molar-refractivity contribution in [1.82, 2.24) is 10.2 Å². The summed E-state index contributed by atoms with van der Waals surface area (Å²) in [6.07, 6.45) is 0.727. The first-order chi connectivity index (χ1) is 28.6. The van der Waals surface area contributed by atoms with Gasteiger partial charge in [0.25, 0.3) is 0 Å². The van der Waals surface area contributed by atoms with Gasteiger partial charge in [-0.1, -0.05) is 12.1 Å². The van der Waals surface area contributed by atoms with E-state index in [1.54, 1.807) is 55.1 Å². The van der Waals surface area contributed by atoms with E-state index in [-0.39, 0.29) is 96.8 Å². The maximum atomic E-state index is 13.6. The Morgan fingerprint density at radius 2 is 1.64 bits per heavy atom. The molecule has 0 bridgehead atoms. The summed E-state index contributed by atoms with van der Waals surface area (Å²) in [6, 6.07) is 18.5. The lowest BCUT2D eigenvalue weighted by Crippen LogP contribution is -2.36. The molecule has 3 amide bonds. The number of amides is 3. The number of para-hydroxylation sites is 1. The molecule has 0 radical (unpaired) electrons. The highest BCUT2D eigenvalue weighted by molar-refractivity contribution is 8.00. The summed E-state index contributed by atoms with van der Waals surface area (Å²) in [4.78, 5) is 62.3. The Morgan fingerprint density at radius 3 is 2.44 bits per heavy atom. The van der Waals surface area contributed by atoms with Crippen LogP contribution in [0.4, 0.5) is 5.69 Å². The molecule has 5 rings (SSSR count). The van der Waals surface area contributed by atoms with E-state index in [1.807, 2.05) is 36.4 Å². The van der Waals surface area contributed by atoms with Gasteiger partial charge in [0.2, 0.25) is 24.5 Å². The van der Waals surface area contributed by atoms with Crippen LogP contribution in [-0.4, -0.2) is 126 Å². The van der Waals surface area contributed by atoms with Gasteiger partial charge in [0.05, 0.1) is 65.4 Å². The number of ether oxygens (including phenoxy) is 7. The van der Waals surface area contributed by atoms with Gasteiger partial charge in [-0.3, -0.25) is 14.4 Å². The third-order valence-electron chi connectivity index (χ3n) is 8.97. The van der Waals surface area contributed by atoms with Crippen LogP contribution in [0.3, 0.4) is 0 Å². The molecule has 0 saturated carbocycles. The second-order valence-corrected chi connectivity index (χ2v) is 15.7. The summed E-state index contributed by atoms with van der Waals surface area (Å²) < 4.78 is 49.3. The van der Waals surface area contributed by atoms with Gasteiger partial charge >= 0.3 is 8.17 Å². The van der Waals surface area contributed by atoms with Gasteiger partial charge < -0.3 is 48.3 Å². The van der Waals surface area contributed by atoms with Crippen LogP contribution in [0.2, 0.25) is 0 Å². The molecule has 1 unspecified atom stereocenters. The Kier molecular flexibility index (Phi) is 18.1. The molecule has 0 fully saturated rings. The number of benzene rings is 3. The molecule has 59 heavy (non-hydrogen) atoms. The number of methoxy groups -OCH3 is 1. The first-order valence-electron chi connectivity index (χ1n) is 19.3. The topological polar surface area (TPSA) is 193 Å². The van der Waals surface area contributed by atoms with E-state index in [0.717, 1.165) is 10.6 Å². The maximum Gasteiger partial charge on any atom is 0.570 e. The number of nitrogens with zero attached hydrogens (tertiary/aromatic N) is 2. The quantitative estimate of drug-likeness (QED) is 0.0751. The standard InChI is InChI=1S/C40H52N3O14PS/c1-4-56-58(47,48)57-22-16-41-37(44)14-20-50-24-25-51-21-15-38(45)43(18-23-52-30-11-13-34-35(27-30)55-28-54-34)17-7-19-53-33-12-10-29(49-3)26-31(33)39-40(46)42(2)32-8-5-6-9-36(32)59-39/h5-6,8-13,26-27,39,47-48H,4,7,14-25,28H2,1-3H3/p+1. The number of carbonyl (C=O) groups is 3. The minimum Gasteiger partial charge on any atom is -0.497 e. The summed E-state index contributed by atoms with van der Waals surface area (Å²) in [5, 5.41) is 2.06. The van der Waals surface area contributed by atoms with Crippen LogP contribution in [-0.2, 0) is 32.9 Å². The van der Waals surface area contributed by atoms with Crippen molar-refractivity contribution in [2.45, 2.75) is 36.3 Å². The minimum absolute atomic E-state index is 0.0650. The zero-order chi connectivity index (χ0) is 42.0. The summed E-state index contributed by atoms with van der Waals surface area (Å²) in [7, 11) is -0.503. The molecule has 322 valence electrons. The van der Waals surface area contributed by atoms with Gasteiger partial charge in [0, 0.05) is 43.1 Å². The van der Waals surface area contributed by atoms with Crippen molar-refractivity contribution < 1.29 is 66.4 Å². The van der Waals surface area contributed by atoms with E-state index in [1.165, 1.54) is 11.8 Å². The Hall–Kier alpha value is -4.39. The summed E-state index contributed by atoms with van der Waals surface area (Å²) >= 11 is 1.47. The normalized spacial score (nSPS) is 14.5. The number of likely N-dealkylation sites (N-methyl/N-ethyl adjacent to an activating group) is 1. The fourth-order valence-corrected chi connectivity index (χ4v) is 8.03. The average Bonchev–Trinajstić information content (AvgIpc) is 3.71. The van der Waals surface area contributed by atoms with Crippen molar-refractivity contribution in [3.8, 4) is 28.7 Å². The monoisotopic (exact) mass is 862 g/mol. The maximum absolute atomic E-state index is 13.6. The second kappa shape index (κ2) is 23.4. The van der Waals surface area contributed by atoms with E-state index in [4.69, 9.17) is 42.2 Å². The van der Waals surface area contributed by atoms with E-state index >= 15 is 0 Å². The molecular formula is C40H53N3O14PS+. The van der Waals surface area contributed by atoms with Crippen molar-refractivity contribution in [2.24, 2.45) is 0 Å². The lowest BCUT2D eigenvalue weighted by atomic mass is 10.1. The molecule has 2 heterocycles. The number of rotatable bonds is 26. The summed E-state index contributed by atoms with van der Waals surface area (Å²) in [5.41, 5.74) is 1.56. The largest absolute Gasteiger partial charge is 0.570 e. The van der Waals surface area contributed by atoms with Crippen LogP contribution in [0, 0.1) is 0 Å². The van der Waals surface area contributed by atoms with Crippen LogP contribution in [0.25, 0.3) is 0 Å². The highest BCUT2D eigenvalue weighted by Gasteiger charge is 2.38. The number of fused-ring (bicyclic) bond motifs is 2. The van der Waals surface area contributed by atoms with Crippen LogP contribution >= 0.6 is 19.9 Å². The molecule has 0 spiro atoms. The smallest absolute Gasteiger partial charge is 0.497 e. The fraction of sp³-hybridized carbons (Fsp3) is 0.475. The number of hydrogen-bond acceptors (Lipinski definition) is 15. The third-order valence-corrected chi connectivity index (χ3v) is 11.4. The number of hydrogen-bond donors (Lipinski definition) is 3. The molecule has 17 nitrogen and oxygen atoms in total. The van der Waals surface area contributed by atoms with Gasteiger partial charge in [0.1, 0.15) is 35.7 Å². The van der Waals surface area contributed by atoms with Gasteiger partial charge in [-0.2, -0.15) is 18.8 Å². The predicted molar refractivity (Wildman–Crippen MR) is 219 cm³/mol. The Balaban J connectivity index is 1.07. The van der Waals surface area contributed by atoms with Crippen LogP contribution in [0.15, 0.2) is 65.6 Å². The third kappa shape index (κ3) is 14.1. The van der Waals surface area contributed by atoms with Crippen molar-refractivity contribution in [3.05, 3.63) is 66.2 Å². The fourth-order valence-electron chi connectivity index (χ4n) is 5.98. The molecule has 3 N–H and O–H groups in total. The summed E-state index contributed by atoms with van der Waals surface area (Å²) in [5.74, 6) is 2.54. The van der Waals surface area contributed by atoms with Crippen LogP contribution < -0.4 is 33.9 Å². The van der Waals surface area contributed by atoms with Gasteiger partial charge in [-0.05, 0) is 55.8 Å². The number of carbonyl (C=O) groups excluding carboxylic acids is 3. The first kappa shape index (κ1) is 45.7. The van der Waals surface area contributed by atoms with E-state index in [9.17, 15) is 24.2 Å². The van der Waals surface area contributed by atoms with Crippen molar-refractivity contribution in [2.75, 3.05) is 98.3 Å². The van der Waals surface area contributed by atoms with E-state index in [2.05, 4.69) is 5.32 Å². The molecule has 1 atom stereocenters. The van der Waals surface area contributed by atoms with Crippen molar-refractivity contribution in [1.29, 1.82) is 0 Å². The lowest BCUT2D eigenvalue weighted by Gasteiger charge is -2.32. The van der Waals surface area contributed by atoms with Gasteiger partial charge in [-0.15, -0.1) is 11.8 Å². The Morgan fingerprint density at radius 1 is 0.881 bits per heavy atom. The molecule has 0 aromatic heterocycles. The number of anilines is 1. The molecule has 2 aliphatic rings. The van der Waals surface area contributed by atoms with Gasteiger partial charge in [0.15, 0.2) is 11.5 Å². The SMILES string of the molecule is CCO[P+](O)(O)OCCNC(=O)CCOCCOCCC(=O)N(CCCOc1ccc(OC)cc1C1Sc2ccccc2N(C)C1=O)CCOc1ccc2c(c1)OCO2. The van der Waals surface area contributed by atoms with Gasteiger partial charge in [-0.25, -0.2) is 0 Å². The molecule has 0 aliphatic carbocycles. The van der Waals surface area contributed by atoms with E-state index < -0.39 is 13.4 Å². The Labute approximate surface area is 348 Å². The second-order valence-electron chi connectivity index (χ2n) is 13.0. The zero-order valence-electron chi connectivity index (χ0n) is 33.5. The predicted octanol–water partition coefficient (Wildman–Crippen LogP) is 4.56.